The predicted molar refractivity (Wildman–Crippen MR) is 92.5 cm³/mol. The van der Waals surface area contributed by atoms with Crippen molar-refractivity contribution < 1.29 is 9.53 Å². The molecule has 23 heavy (non-hydrogen) atoms. The average Bonchev–Trinajstić information content (AvgIpc) is 2.59. The van der Waals surface area contributed by atoms with E-state index in [0.29, 0.717) is 6.42 Å². The number of amides is 1. The Morgan fingerprint density at radius 2 is 1.87 bits per heavy atom. The van der Waals surface area contributed by atoms with E-state index in [0.717, 1.165) is 51.4 Å². The Bertz CT molecular complexity index is 651. The van der Waals surface area contributed by atoms with Gasteiger partial charge in [-0.05, 0) is 29.3 Å². The zero-order chi connectivity index (χ0) is 15.9. The smallest absolute Gasteiger partial charge is 0.224 e. The Morgan fingerprint density at radius 1 is 1.09 bits per heavy atom. The number of fused-ring (bicyclic) bond motifs is 1. The standard InChI is InChI=1S/C19H24N2O2/c22-19(20-8-3-9-21-10-12-23-13-11-21)15-16-6-7-17-4-1-2-5-18(17)14-16/h1-2,4-7,14H,3,8-13,15H2,(H,20,22). The molecule has 4 nitrogen and oxygen atoms in total. The number of ether oxygens (including phenoxy) is 1. The van der Waals surface area contributed by atoms with Gasteiger partial charge in [-0.25, -0.2) is 0 Å². The highest BCUT2D eigenvalue weighted by atomic mass is 16.5. The van der Waals surface area contributed by atoms with E-state index in [1.807, 2.05) is 18.2 Å². The predicted octanol–water partition coefficient (Wildman–Crippen LogP) is 2.22. The van der Waals surface area contributed by atoms with Crippen LogP contribution in [-0.2, 0) is 16.0 Å². The normalized spacial score (nSPS) is 15.7. The third kappa shape index (κ3) is 4.78. The summed E-state index contributed by atoms with van der Waals surface area (Å²) in [5.74, 6) is 0.0993. The molecule has 0 atom stereocenters. The van der Waals surface area contributed by atoms with Gasteiger partial charge in [0.15, 0.2) is 0 Å². The SMILES string of the molecule is O=C(Cc1ccc2ccccc2c1)NCCCN1CCOCC1. The minimum Gasteiger partial charge on any atom is -0.379 e. The van der Waals surface area contributed by atoms with E-state index in [1.165, 1.54) is 10.8 Å². The molecule has 1 saturated heterocycles. The van der Waals surface area contributed by atoms with E-state index in [2.05, 4.69) is 34.5 Å². The van der Waals surface area contributed by atoms with Gasteiger partial charge in [0, 0.05) is 19.6 Å². The molecule has 1 fully saturated rings. The van der Waals surface area contributed by atoms with E-state index >= 15 is 0 Å². The zero-order valence-corrected chi connectivity index (χ0v) is 13.5. The number of hydrogen-bond donors (Lipinski definition) is 1. The third-order valence-corrected chi connectivity index (χ3v) is 4.26. The van der Waals surface area contributed by atoms with E-state index in [-0.39, 0.29) is 5.91 Å². The van der Waals surface area contributed by atoms with Gasteiger partial charge in [0.25, 0.3) is 0 Å². The zero-order valence-electron chi connectivity index (χ0n) is 13.5. The summed E-state index contributed by atoms with van der Waals surface area (Å²) < 4.78 is 5.33. The van der Waals surface area contributed by atoms with Gasteiger partial charge >= 0.3 is 0 Å². The molecule has 0 spiro atoms. The van der Waals surface area contributed by atoms with Gasteiger partial charge in [-0.2, -0.15) is 0 Å². The Morgan fingerprint density at radius 3 is 2.70 bits per heavy atom. The van der Waals surface area contributed by atoms with Gasteiger partial charge in [-0.1, -0.05) is 42.5 Å². The molecular weight excluding hydrogens is 288 g/mol. The maximum absolute atomic E-state index is 12.1. The van der Waals surface area contributed by atoms with Crippen molar-refractivity contribution in [3.05, 3.63) is 48.0 Å². The van der Waals surface area contributed by atoms with E-state index < -0.39 is 0 Å². The molecule has 1 aliphatic heterocycles. The van der Waals surface area contributed by atoms with E-state index in [9.17, 15) is 4.79 Å². The van der Waals surface area contributed by atoms with Crippen LogP contribution in [0, 0.1) is 0 Å². The second-order valence-corrected chi connectivity index (χ2v) is 6.02. The molecule has 3 rings (SSSR count). The number of nitrogens with one attached hydrogen (secondary N) is 1. The molecule has 1 aliphatic rings. The van der Waals surface area contributed by atoms with Gasteiger partial charge in [0.2, 0.25) is 5.91 Å². The second-order valence-electron chi connectivity index (χ2n) is 6.02. The summed E-state index contributed by atoms with van der Waals surface area (Å²) in [6, 6.07) is 14.4. The number of hydrogen-bond acceptors (Lipinski definition) is 3. The lowest BCUT2D eigenvalue weighted by Gasteiger charge is -2.26. The molecule has 0 bridgehead atoms. The molecule has 1 heterocycles. The van der Waals surface area contributed by atoms with Crippen molar-refractivity contribution in [3.63, 3.8) is 0 Å². The summed E-state index contributed by atoms with van der Waals surface area (Å²) in [7, 11) is 0. The van der Waals surface area contributed by atoms with Crippen molar-refractivity contribution in [2.45, 2.75) is 12.8 Å². The molecule has 0 aliphatic carbocycles. The van der Waals surface area contributed by atoms with E-state index in [4.69, 9.17) is 4.74 Å². The van der Waals surface area contributed by atoms with Crippen molar-refractivity contribution >= 4 is 16.7 Å². The van der Waals surface area contributed by atoms with Crippen molar-refractivity contribution in [3.8, 4) is 0 Å². The molecule has 1 N–H and O–H groups in total. The molecule has 2 aromatic carbocycles. The summed E-state index contributed by atoms with van der Waals surface area (Å²) in [5, 5.41) is 5.42. The fraction of sp³-hybridized carbons (Fsp3) is 0.421. The molecule has 2 aromatic rings. The average molecular weight is 312 g/mol. The summed E-state index contributed by atoms with van der Waals surface area (Å²) in [6.45, 7) is 5.43. The molecule has 0 aromatic heterocycles. The number of benzene rings is 2. The molecule has 0 unspecified atom stereocenters. The van der Waals surface area contributed by atoms with Crippen LogP contribution in [0.25, 0.3) is 10.8 Å². The first-order valence-corrected chi connectivity index (χ1v) is 8.36. The lowest BCUT2D eigenvalue weighted by atomic mass is 10.0. The lowest BCUT2D eigenvalue weighted by molar-refractivity contribution is -0.120. The van der Waals surface area contributed by atoms with E-state index in [1.54, 1.807) is 0 Å². The van der Waals surface area contributed by atoms with Crippen molar-refractivity contribution in [2.24, 2.45) is 0 Å². The first-order chi connectivity index (χ1) is 11.3. The fourth-order valence-electron chi connectivity index (χ4n) is 2.95. The fourth-order valence-corrected chi connectivity index (χ4v) is 2.95. The highest BCUT2D eigenvalue weighted by Crippen LogP contribution is 2.15. The van der Waals surface area contributed by atoms with Crippen molar-refractivity contribution in [1.29, 1.82) is 0 Å². The van der Waals surface area contributed by atoms with Gasteiger partial charge in [-0.3, -0.25) is 9.69 Å². The van der Waals surface area contributed by atoms with Crippen LogP contribution in [-0.4, -0.2) is 50.2 Å². The summed E-state index contributed by atoms with van der Waals surface area (Å²) in [5.41, 5.74) is 1.06. The van der Waals surface area contributed by atoms with Gasteiger partial charge in [0.05, 0.1) is 19.6 Å². The van der Waals surface area contributed by atoms with Crippen LogP contribution in [0.2, 0.25) is 0 Å². The van der Waals surface area contributed by atoms with Crippen LogP contribution >= 0.6 is 0 Å². The quantitative estimate of drug-likeness (QED) is 0.832. The Kier molecular flexibility index (Phi) is 5.61. The summed E-state index contributed by atoms with van der Waals surface area (Å²) >= 11 is 0. The molecule has 0 radical (unpaired) electrons. The minimum absolute atomic E-state index is 0.0993. The summed E-state index contributed by atoms with van der Waals surface area (Å²) in [6.07, 6.45) is 1.44. The lowest BCUT2D eigenvalue weighted by Crippen LogP contribution is -2.38. The second kappa shape index (κ2) is 8.09. The van der Waals surface area contributed by atoms with Crippen LogP contribution < -0.4 is 5.32 Å². The van der Waals surface area contributed by atoms with Crippen LogP contribution in [0.3, 0.4) is 0 Å². The molecule has 122 valence electrons. The number of carbonyl (C=O) groups excluding carboxylic acids is 1. The number of morpholine rings is 1. The Balaban J connectivity index is 1.41. The van der Waals surface area contributed by atoms with Gasteiger partial charge in [0.1, 0.15) is 0 Å². The molecular formula is C19H24N2O2. The number of carbonyl (C=O) groups is 1. The first-order valence-electron chi connectivity index (χ1n) is 8.36. The Labute approximate surface area is 137 Å². The monoisotopic (exact) mass is 312 g/mol. The van der Waals surface area contributed by atoms with Gasteiger partial charge < -0.3 is 10.1 Å². The first kappa shape index (κ1) is 16.0. The molecule has 0 saturated carbocycles. The highest BCUT2D eigenvalue weighted by Gasteiger charge is 2.09. The highest BCUT2D eigenvalue weighted by molar-refractivity contribution is 5.85. The van der Waals surface area contributed by atoms with Crippen LogP contribution in [0.15, 0.2) is 42.5 Å². The largest absolute Gasteiger partial charge is 0.379 e. The van der Waals surface area contributed by atoms with Crippen molar-refractivity contribution in [1.82, 2.24) is 10.2 Å². The molecule has 1 amide bonds. The third-order valence-electron chi connectivity index (χ3n) is 4.26. The topological polar surface area (TPSA) is 41.6 Å². The van der Waals surface area contributed by atoms with Crippen LogP contribution in [0.4, 0.5) is 0 Å². The molecule has 4 heteroatoms. The minimum atomic E-state index is 0.0993. The van der Waals surface area contributed by atoms with Crippen LogP contribution in [0.1, 0.15) is 12.0 Å². The van der Waals surface area contributed by atoms with Crippen LogP contribution in [0.5, 0.6) is 0 Å². The number of rotatable bonds is 6. The van der Waals surface area contributed by atoms with Gasteiger partial charge in [-0.15, -0.1) is 0 Å². The number of nitrogens with zero attached hydrogens (tertiary/aromatic N) is 1. The van der Waals surface area contributed by atoms with Crippen molar-refractivity contribution in [2.75, 3.05) is 39.4 Å². The maximum atomic E-state index is 12.1. The Hall–Kier alpha value is -1.91. The maximum Gasteiger partial charge on any atom is 0.224 e. The summed E-state index contributed by atoms with van der Waals surface area (Å²) in [4.78, 5) is 14.4.